The maximum absolute atomic E-state index is 12.2. The van der Waals surface area contributed by atoms with Crippen LogP contribution in [0.2, 0.25) is 0 Å². The molecule has 0 spiro atoms. The molecular weight excluding hydrogens is 318 g/mol. The fourth-order valence-corrected chi connectivity index (χ4v) is 4.61. The van der Waals surface area contributed by atoms with E-state index < -0.39 is 32.6 Å². The van der Waals surface area contributed by atoms with E-state index in [4.69, 9.17) is 0 Å². The van der Waals surface area contributed by atoms with Crippen LogP contribution in [-0.4, -0.2) is 29.5 Å². The minimum atomic E-state index is -4.66. The molecule has 2 unspecified atom stereocenters. The third kappa shape index (κ3) is 4.53. The number of nitrogens with one attached hydrogen (secondary N) is 1. The van der Waals surface area contributed by atoms with Crippen LogP contribution in [0.15, 0.2) is 0 Å². The number of carbonyl (C=O) groups excluding carboxylic acids is 2. The van der Waals surface area contributed by atoms with E-state index in [2.05, 4.69) is 12.2 Å². The zero-order valence-corrected chi connectivity index (χ0v) is 15.0. The summed E-state index contributed by atoms with van der Waals surface area (Å²) in [6, 6.07) is 0. The zero-order chi connectivity index (χ0) is 17.5. The summed E-state index contributed by atoms with van der Waals surface area (Å²) in [4.78, 5) is 24.3. The fraction of sp³-hybridized carbons (Fsp3) is 0.875. The van der Waals surface area contributed by atoms with E-state index in [1.54, 1.807) is 0 Å². The third-order valence-corrected chi connectivity index (χ3v) is 6.30. The lowest BCUT2D eigenvalue weighted by atomic mass is 9.85. The van der Waals surface area contributed by atoms with E-state index in [0.29, 0.717) is 19.3 Å². The normalized spacial score (nSPS) is 24.9. The highest BCUT2D eigenvalue weighted by atomic mass is 32.2. The van der Waals surface area contributed by atoms with Gasteiger partial charge in [-0.3, -0.25) is 19.5 Å². The molecule has 1 rings (SSSR count). The number of imide groups is 1. The Morgan fingerprint density at radius 3 is 2.09 bits per heavy atom. The molecule has 2 N–H and O–H groups in total. The van der Waals surface area contributed by atoms with Crippen LogP contribution in [0.1, 0.15) is 78.1 Å². The number of unbranched alkanes of at least 4 members (excludes halogenated alkanes) is 6. The van der Waals surface area contributed by atoms with Crippen molar-refractivity contribution in [3.8, 4) is 0 Å². The first-order valence-electron chi connectivity index (χ1n) is 8.63. The number of rotatable bonds is 11. The fourth-order valence-electron chi connectivity index (χ4n) is 3.34. The number of hydrogen-bond donors (Lipinski definition) is 2. The van der Waals surface area contributed by atoms with Gasteiger partial charge in [0.15, 0.2) is 4.75 Å². The lowest BCUT2D eigenvalue weighted by molar-refractivity contribution is -0.126. The van der Waals surface area contributed by atoms with Crippen LogP contribution in [0.4, 0.5) is 0 Å². The molecule has 0 aromatic heterocycles. The van der Waals surface area contributed by atoms with Crippen molar-refractivity contribution in [3.63, 3.8) is 0 Å². The Bertz CT molecular complexity index is 517. The molecule has 0 aliphatic carbocycles. The van der Waals surface area contributed by atoms with Crippen molar-refractivity contribution in [3.05, 3.63) is 0 Å². The van der Waals surface area contributed by atoms with E-state index in [1.165, 1.54) is 0 Å². The van der Waals surface area contributed by atoms with Gasteiger partial charge in [-0.15, -0.1) is 0 Å². The smallest absolute Gasteiger partial charge is 0.280 e. The second kappa shape index (κ2) is 8.78. The van der Waals surface area contributed by atoms with Crippen molar-refractivity contribution in [2.75, 3.05) is 0 Å². The monoisotopic (exact) mass is 347 g/mol. The standard InChI is InChI=1S/C16H29NO5S/c1-3-5-7-9-11-13-14(18)17-15(19)16(13,23(20,21)22)12-10-8-6-4-2/h13H,3-12H2,1-2H3,(H,17,18,19)(H,20,21,22). The van der Waals surface area contributed by atoms with Crippen LogP contribution >= 0.6 is 0 Å². The molecule has 1 aliphatic heterocycles. The van der Waals surface area contributed by atoms with E-state index >= 15 is 0 Å². The number of carbonyl (C=O) groups is 2. The summed E-state index contributed by atoms with van der Waals surface area (Å²) in [5.74, 6) is -2.41. The average molecular weight is 347 g/mol. The maximum atomic E-state index is 12.2. The average Bonchev–Trinajstić information content (AvgIpc) is 2.71. The lowest BCUT2D eigenvalue weighted by Crippen LogP contribution is -2.49. The molecule has 0 saturated carbocycles. The van der Waals surface area contributed by atoms with Gasteiger partial charge in [0.05, 0.1) is 5.92 Å². The first-order chi connectivity index (χ1) is 10.8. The summed E-state index contributed by atoms with van der Waals surface area (Å²) >= 11 is 0. The van der Waals surface area contributed by atoms with Crippen LogP contribution in [0.3, 0.4) is 0 Å². The Labute approximate surface area is 139 Å². The lowest BCUT2D eigenvalue weighted by Gasteiger charge is -2.28. The summed E-state index contributed by atoms with van der Waals surface area (Å²) in [5.41, 5.74) is 0. The van der Waals surface area contributed by atoms with Crippen LogP contribution in [0, 0.1) is 5.92 Å². The molecule has 0 aromatic rings. The van der Waals surface area contributed by atoms with Gasteiger partial charge in [-0.25, -0.2) is 0 Å². The van der Waals surface area contributed by atoms with Crippen LogP contribution < -0.4 is 5.32 Å². The van der Waals surface area contributed by atoms with Crippen molar-refractivity contribution in [2.24, 2.45) is 5.92 Å². The third-order valence-electron chi connectivity index (χ3n) is 4.71. The highest BCUT2D eigenvalue weighted by Crippen LogP contribution is 2.39. The molecule has 1 aliphatic rings. The summed E-state index contributed by atoms with van der Waals surface area (Å²) in [6.07, 6.45) is 7.07. The molecule has 134 valence electrons. The molecule has 0 aromatic carbocycles. The largest absolute Gasteiger partial charge is 0.295 e. The molecular formula is C16H29NO5S. The van der Waals surface area contributed by atoms with E-state index in [1.807, 2.05) is 6.92 Å². The topological polar surface area (TPSA) is 101 Å². The summed E-state index contributed by atoms with van der Waals surface area (Å²) in [7, 11) is -4.66. The minimum absolute atomic E-state index is 0.00184. The van der Waals surface area contributed by atoms with E-state index in [9.17, 15) is 22.6 Å². The van der Waals surface area contributed by atoms with Gasteiger partial charge in [0.2, 0.25) is 5.91 Å². The minimum Gasteiger partial charge on any atom is -0.295 e. The molecule has 1 heterocycles. The predicted molar refractivity (Wildman–Crippen MR) is 88.4 cm³/mol. The first kappa shape index (κ1) is 20.1. The van der Waals surface area contributed by atoms with Gasteiger partial charge >= 0.3 is 0 Å². The van der Waals surface area contributed by atoms with Crippen molar-refractivity contribution >= 4 is 21.9 Å². The second-order valence-electron chi connectivity index (χ2n) is 6.40. The van der Waals surface area contributed by atoms with Crippen molar-refractivity contribution in [1.29, 1.82) is 0 Å². The molecule has 0 bridgehead atoms. The molecule has 2 amide bonds. The Hall–Kier alpha value is -0.950. The van der Waals surface area contributed by atoms with Crippen molar-refractivity contribution < 1.29 is 22.6 Å². The highest BCUT2D eigenvalue weighted by molar-refractivity contribution is 7.88. The summed E-state index contributed by atoms with van der Waals surface area (Å²) in [6.45, 7) is 4.09. The van der Waals surface area contributed by atoms with Gasteiger partial charge in [0.25, 0.3) is 16.0 Å². The van der Waals surface area contributed by atoms with Gasteiger partial charge < -0.3 is 0 Å². The summed E-state index contributed by atoms with van der Waals surface area (Å²) in [5, 5.41) is 2.13. The number of hydrogen-bond acceptors (Lipinski definition) is 4. The summed E-state index contributed by atoms with van der Waals surface area (Å²) < 4.78 is 31.8. The Morgan fingerprint density at radius 2 is 1.57 bits per heavy atom. The van der Waals surface area contributed by atoms with Gasteiger partial charge in [-0.2, -0.15) is 8.42 Å². The Kier molecular flexibility index (Phi) is 7.67. The zero-order valence-electron chi connectivity index (χ0n) is 14.1. The van der Waals surface area contributed by atoms with Gasteiger partial charge in [-0.05, 0) is 12.8 Å². The van der Waals surface area contributed by atoms with Crippen molar-refractivity contribution in [2.45, 2.75) is 82.8 Å². The van der Waals surface area contributed by atoms with Gasteiger partial charge in [0, 0.05) is 0 Å². The highest BCUT2D eigenvalue weighted by Gasteiger charge is 2.62. The van der Waals surface area contributed by atoms with Crippen molar-refractivity contribution in [1.82, 2.24) is 5.32 Å². The Morgan fingerprint density at radius 1 is 1.00 bits per heavy atom. The maximum Gasteiger partial charge on any atom is 0.280 e. The molecule has 23 heavy (non-hydrogen) atoms. The quantitative estimate of drug-likeness (QED) is 0.340. The molecule has 2 atom stereocenters. The van der Waals surface area contributed by atoms with E-state index in [-0.39, 0.29) is 6.42 Å². The first-order valence-corrected chi connectivity index (χ1v) is 10.1. The van der Waals surface area contributed by atoms with E-state index in [0.717, 1.165) is 38.5 Å². The van der Waals surface area contributed by atoms with Gasteiger partial charge in [-0.1, -0.05) is 65.2 Å². The van der Waals surface area contributed by atoms with Crippen LogP contribution in [-0.2, 0) is 19.7 Å². The molecule has 7 heteroatoms. The van der Waals surface area contributed by atoms with Gasteiger partial charge in [0.1, 0.15) is 0 Å². The molecule has 0 radical (unpaired) electrons. The second-order valence-corrected chi connectivity index (χ2v) is 8.07. The Balaban J connectivity index is 2.96. The van der Waals surface area contributed by atoms with Crippen LogP contribution in [0.25, 0.3) is 0 Å². The van der Waals surface area contributed by atoms with Crippen LogP contribution in [0.5, 0.6) is 0 Å². The SMILES string of the molecule is CCCCCCC1C(=O)NC(=O)C1(CCCCCC)S(=O)(=O)O. The molecule has 1 saturated heterocycles. The molecule has 1 fully saturated rings. The molecule has 6 nitrogen and oxygen atoms in total. The number of amides is 2. The predicted octanol–water partition coefficient (Wildman–Crippen LogP) is 2.83.